The number of rotatable bonds is 10. The minimum atomic E-state index is -5.06. The zero-order chi connectivity index (χ0) is 26.2. The normalized spacial score (nSPS) is 14.5. The van der Waals surface area contributed by atoms with E-state index in [2.05, 4.69) is 10.6 Å². The van der Waals surface area contributed by atoms with E-state index in [0.717, 1.165) is 0 Å². The first-order chi connectivity index (χ1) is 14.7. The molecule has 0 spiro atoms. The lowest BCUT2D eigenvalue weighted by Crippen LogP contribution is -2.52. The molecule has 2 atom stereocenters. The van der Waals surface area contributed by atoms with Gasteiger partial charge in [0, 0.05) is 18.7 Å². The first-order valence-electron chi connectivity index (χ1n) is 10.5. The topological polar surface area (TPSA) is 111 Å². The molecule has 0 fully saturated rings. The van der Waals surface area contributed by atoms with Crippen LogP contribution in [0.1, 0.15) is 68.2 Å². The van der Waals surface area contributed by atoms with Crippen LogP contribution >= 0.6 is 0 Å². The number of allylic oxidation sites excluding steroid dienone is 1. The Bertz CT molecular complexity index is 734. The van der Waals surface area contributed by atoms with Gasteiger partial charge in [-0.05, 0) is 53.9 Å². The SMILES string of the molecule is CC(C)C(NC(=O)C(CCC(=O)OC(C)(C)C)N/C=C\C(=O)C(F)(F)F)C(=O)OC(C)(C)C. The van der Waals surface area contributed by atoms with Crippen molar-refractivity contribution < 1.29 is 41.8 Å². The largest absolute Gasteiger partial charge is 0.460 e. The minimum absolute atomic E-state index is 0.162. The molecule has 0 aromatic heterocycles. The molecule has 2 unspecified atom stereocenters. The van der Waals surface area contributed by atoms with Crippen LogP contribution in [0.4, 0.5) is 13.2 Å². The molecule has 11 heteroatoms. The third-order valence-electron chi connectivity index (χ3n) is 3.81. The van der Waals surface area contributed by atoms with Crippen molar-refractivity contribution in [3.05, 3.63) is 12.3 Å². The molecule has 1 amide bonds. The Labute approximate surface area is 192 Å². The number of hydrogen-bond donors (Lipinski definition) is 2. The van der Waals surface area contributed by atoms with E-state index < -0.39 is 53.1 Å². The summed E-state index contributed by atoms with van der Waals surface area (Å²) in [4.78, 5) is 48.4. The van der Waals surface area contributed by atoms with Gasteiger partial charge in [-0.3, -0.25) is 14.4 Å². The number of halogens is 3. The van der Waals surface area contributed by atoms with Gasteiger partial charge >= 0.3 is 18.1 Å². The van der Waals surface area contributed by atoms with E-state index >= 15 is 0 Å². The Morgan fingerprint density at radius 2 is 1.42 bits per heavy atom. The molecule has 0 rings (SSSR count). The van der Waals surface area contributed by atoms with Crippen molar-refractivity contribution in [3.63, 3.8) is 0 Å². The minimum Gasteiger partial charge on any atom is -0.460 e. The maximum absolute atomic E-state index is 12.8. The monoisotopic (exact) mass is 480 g/mol. The first-order valence-corrected chi connectivity index (χ1v) is 10.5. The zero-order valence-corrected chi connectivity index (χ0v) is 20.4. The average Bonchev–Trinajstić information content (AvgIpc) is 2.57. The summed E-state index contributed by atoms with van der Waals surface area (Å²) in [6.45, 7) is 13.3. The molecule has 0 saturated carbocycles. The molecule has 8 nitrogen and oxygen atoms in total. The van der Waals surface area contributed by atoms with E-state index in [1.165, 1.54) is 0 Å². The second kappa shape index (κ2) is 12.0. The second-order valence-electron chi connectivity index (χ2n) is 9.80. The second-order valence-corrected chi connectivity index (χ2v) is 9.80. The van der Waals surface area contributed by atoms with Crippen LogP contribution in [-0.4, -0.2) is 53.1 Å². The summed E-state index contributed by atoms with van der Waals surface area (Å²) in [5, 5.41) is 4.91. The lowest BCUT2D eigenvalue weighted by Gasteiger charge is -2.28. The Morgan fingerprint density at radius 3 is 1.85 bits per heavy atom. The highest BCUT2D eigenvalue weighted by molar-refractivity contribution is 5.94. The van der Waals surface area contributed by atoms with Crippen molar-refractivity contribution in [2.45, 2.75) is 97.7 Å². The van der Waals surface area contributed by atoms with Crippen LogP contribution in [0.25, 0.3) is 0 Å². The molecule has 0 bridgehead atoms. The number of alkyl halides is 3. The van der Waals surface area contributed by atoms with Gasteiger partial charge in [0.15, 0.2) is 0 Å². The number of esters is 2. The van der Waals surface area contributed by atoms with Gasteiger partial charge in [-0.25, -0.2) is 4.79 Å². The molecule has 0 heterocycles. The van der Waals surface area contributed by atoms with Gasteiger partial charge < -0.3 is 20.1 Å². The molecular formula is C22H35F3N2O6. The van der Waals surface area contributed by atoms with Gasteiger partial charge in [0.1, 0.15) is 23.3 Å². The van der Waals surface area contributed by atoms with Crippen molar-refractivity contribution in [1.29, 1.82) is 0 Å². The van der Waals surface area contributed by atoms with Crippen molar-refractivity contribution in [1.82, 2.24) is 10.6 Å². The van der Waals surface area contributed by atoms with Crippen molar-refractivity contribution >= 4 is 23.6 Å². The Balaban J connectivity index is 5.50. The fourth-order valence-corrected chi connectivity index (χ4v) is 2.40. The third kappa shape index (κ3) is 13.5. The molecule has 0 aliphatic rings. The Morgan fingerprint density at radius 1 is 0.909 bits per heavy atom. The summed E-state index contributed by atoms with van der Waals surface area (Å²) in [7, 11) is 0. The van der Waals surface area contributed by atoms with Gasteiger partial charge in [-0.1, -0.05) is 13.8 Å². The van der Waals surface area contributed by atoms with Crippen LogP contribution in [0.2, 0.25) is 0 Å². The summed E-state index contributed by atoms with van der Waals surface area (Å²) >= 11 is 0. The highest BCUT2D eigenvalue weighted by Gasteiger charge is 2.36. The highest BCUT2D eigenvalue weighted by Crippen LogP contribution is 2.17. The maximum Gasteiger partial charge on any atom is 0.454 e. The lowest BCUT2D eigenvalue weighted by atomic mass is 10.0. The van der Waals surface area contributed by atoms with Crippen molar-refractivity contribution in [2.24, 2.45) is 5.92 Å². The molecule has 190 valence electrons. The van der Waals surface area contributed by atoms with Crippen LogP contribution in [0.3, 0.4) is 0 Å². The summed E-state index contributed by atoms with van der Waals surface area (Å²) in [5.74, 6) is -4.54. The number of carbonyl (C=O) groups is 4. The quantitative estimate of drug-likeness (QED) is 0.365. The number of carbonyl (C=O) groups excluding carboxylic acids is 4. The van der Waals surface area contributed by atoms with Crippen LogP contribution in [0.15, 0.2) is 12.3 Å². The van der Waals surface area contributed by atoms with Gasteiger partial charge in [0.2, 0.25) is 5.91 Å². The molecule has 0 radical (unpaired) electrons. The molecule has 0 aliphatic carbocycles. The van der Waals surface area contributed by atoms with Crippen LogP contribution < -0.4 is 10.6 Å². The molecule has 33 heavy (non-hydrogen) atoms. The molecule has 0 aromatic rings. The maximum atomic E-state index is 12.8. The molecule has 0 aromatic carbocycles. The van der Waals surface area contributed by atoms with Gasteiger partial charge in [-0.15, -0.1) is 0 Å². The van der Waals surface area contributed by atoms with E-state index in [1.807, 2.05) is 0 Å². The summed E-state index contributed by atoms with van der Waals surface area (Å²) in [6, 6.07) is -2.26. The highest BCUT2D eigenvalue weighted by atomic mass is 19.4. The number of ether oxygens (including phenoxy) is 2. The summed E-state index contributed by atoms with van der Waals surface area (Å²) in [6.07, 6.45) is -4.53. The molecule has 0 saturated heterocycles. The predicted molar refractivity (Wildman–Crippen MR) is 115 cm³/mol. The van der Waals surface area contributed by atoms with Gasteiger partial charge in [0.05, 0.1) is 0 Å². The van der Waals surface area contributed by atoms with E-state index in [-0.39, 0.29) is 24.8 Å². The third-order valence-corrected chi connectivity index (χ3v) is 3.81. The average molecular weight is 481 g/mol. The number of nitrogens with one attached hydrogen (secondary N) is 2. The van der Waals surface area contributed by atoms with Crippen molar-refractivity contribution in [3.8, 4) is 0 Å². The van der Waals surface area contributed by atoms with Crippen LogP contribution in [0.5, 0.6) is 0 Å². The molecule has 0 aliphatic heterocycles. The zero-order valence-electron chi connectivity index (χ0n) is 20.4. The summed E-state index contributed by atoms with van der Waals surface area (Å²) < 4.78 is 47.7. The standard InChI is InChI=1S/C22H35F3N2O6/c1-13(2)17(19(31)33-21(6,7)8)27-18(30)14(9-10-16(29)32-20(3,4)5)26-12-11-15(28)22(23,24)25/h11-14,17,26H,9-10H2,1-8H3,(H,27,30)/b12-11-. The predicted octanol–water partition coefficient (Wildman–Crippen LogP) is 3.19. The van der Waals surface area contributed by atoms with E-state index in [1.54, 1.807) is 55.4 Å². The molecular weight excluding hydrogens is 445 g/mol. The number of amides is 1. The van der Waals surface area contributed by atoms with E-state index in [0.29, 0.717) is 6.20 Å². The van der Waals surface area contributed by atoms with Gasteiger partial charge in [-0.2, -0.15) is 13.2 Å². The van der Waals surface area contributed by atoms with Crippen molar-refractivity contribution in [2.75, 3.05) is 0 Å². The van der Waals surface area contributed by atoms with E-state index in [4.69, 9.17) is 9.47 Å². The fraction of sp³-hybridized carbons (Fsp3) is 0.727. The Kier molecular flexibility index (Phi) is 11.1. The van der Waals surface area contributed by atoms with Gasteiger partial charge in [0.25, 0.3) is 5.78 Å². The fourth-order valence-electron chi connectivity index (χ4n) is 2.40. The van der Waals surface area contributed by atoms with Crippen LogP contribution in [-0.2, 0) is 28.7 Å². The van der Waals surface area contributed by atoms with Crippen LogP contribution in [0, 0.1) is 5.92 Å². The molecule has 2 N–H and O–H groups in total. The number of hydrogen-bond acceptors (Lipinski definition) is 7. The van der Waals surface area contributed by atoms with E-state index in [9.17, 15) is 32.3 Å². The smallest absolute Gasteiger partial charge is 0.454 e. The lowest BCUT2D eigenvalue weighted by molar-refractivity contribution is -0.165. The number of ketones is 1. The summed E-state index contributed by atoms with van der Waals surface area (Å²) in [5.41, 5.74) is -1.56. The Hall–Kier alpha value is -2.59. The first kappa shape index (κ1) is 30.4.